The number of hydrogen-bond acceptors (Lipinski definition) is 4. The molecule has 2 aliphatic rings. The Kier molecular flexibility index (Phi) is 6.96. The van der Waals surface area contributed by atoms with Crippen molar-refractivity contribution in [2.24, 2.45) is 0 Å². The molecule has 0 radical (unpaired) electrons. The summed E-state index contributed by atoms with van der Waals surface area (Å²) in [6, 6.07) is 22.8. The molecule has 0 saturated carbocycles. The van der Waals surface area contributed by atoms with Crippen molar-refractivity contribution in [1.82, 2.24) is 14.9 Å². The van der Waals surface area contributed by atoms with Crippen molar-refractivity contribution in [2.75, 3.05) is 6.54 Å². The van der Waals surface area contributed by atoms with Crippen LogP contribution in [0.1, 0.15) is 76.1 Å². The van der Waals surface area contributed by atoms with E-state index in [0.717, 1.165) is 42.8 Å². The molecule has 38 heavy (non-hydrogen) atoms. The summed E-state index contributed by atoms with van der Waals surface area (Å²) in [4.78, 5) is 23.2. The zero-order chi connectivity index (χ0) is 26.1. The van der Waals surface area contributed by atoms with E-state index in [0.29, 0.717) is 17.8 Å². The van der Waals surface area contributed by atoms with Crippen LogP contribution in [0.15, 0.2) is 79.1 Å². The lowest BCUT2D eigenvalue weighted by Crippen LogP contribution is -2.31. The lowest BCUT2D eigenvalue weighted by molar-refractivity contribution is 0.0690. The van der Waals surface area contributed by atoms with Crippen LogP contribution in [-0.2, 0) is 12.8 Å². The van der Waals surface area contributed by atoms with Gasteiger partial charge in [0, 0.05) is 35.1 Å². The molecule has 0 bridgehead atoms. The molecule has 0 spiro atoms. The number of pyridine rings is 2. The third-order valence-electron chi connectivity index (χ3n) is 7.91. The molecule has 3 heterocycles. The maximum atomic E-state index is 11.5. The number of aromatic nitrogens is 2. The van der Waals surface area contributed by atoms with Crippen molar-refractivity contribution in [1.29, 1.82) is 0 Å². The molecule has 4 aromatic rings. The number of aromatic carboxylic acids is 1. The van der Waals surface area contributed by atoms with Crippen LogP contribution in [0.2, 0.25) is 5.02 Å². The van der Waals surface area contributed by atoms with Gasteiger partial charge in [0.25, 0.3) is 0 Å². The SMILES string of the molecule is O=C(O)c1cccc(-c2ccc3c(c2)[C@H](N2CCC[C@H]2c2cncc(Cc4ccc(Cl)cc4)c2)CCC3)n1. The van der Waals surface area contributed by atoms with Gasteiger partial charge >= 0.3 is 5.97 Å². The molecule has 2 aromatic carbocycles. The van der Waals surface area contributed by atoms with E-state index in [2.05, 4.69) is 51.3 Å². The average molecular weight is 524 g/mol. The van der Waals surface area contributed by atoms with E-state index in [-0.39, 0.29) is 5.69 Å². The summed E-state index contributed by atoms with van der Waals surface area (Å²) in [5.41, 5.74) is 8.22. The van der Waals surface area contributed by atoms with E-state index in [4.69, 9.17) is 11.6 Å². The summed E-state index contributed by atoms with van der Waals surface area (Å²) in [6.07, 6.45) is 10.5. The quantitative estimate of drug-likeness (QED) is 0.287. The maximum absolute atomic E-state index is 11.5. The van der Waals surface area contributed by atoms with Gasteiger partial charge in [0.2, 0.25) is 0 Å². The smallest absolute Gasteiger partial charge is 0.354 e. The lowest BCUT2D eigenvalue weighted by atomic mass is 9.84. The molecule has 0 amide bonds. The fraction of sp³-hybridized carbons (Fsp3) is 0.281. The zero-order valence-corrected chi connectivity index (χ0v) is 21.9. The van der Waals surface area contributed by atoms with Crippen LogP contribution in [0.25, 0.3) is 11.3 Å². The molecule has 1 fully saturated rings. The number of rotatable bonds is 6. The van der Waals surface area contributed by atoms with E-state index in [1.54, 1.807) is 6.07 Å². The molecule has 1 N–H and O–H groups in total. The van der Waals surface area contributed by atoms with Crippen LogP contribution in [0.5, 0.6) is 0 Å². The first kappa shape index (κ1) is 24.8. The lowest BCUT2D eigenvalue weighted by Gasteiger charge is -2.37. The Labute approximate surface area is 228 Å². The largest absolute Gasteiger partial charge is 0.477 e. The second-order valence-corrected chi connectivity index (χ2v) is 10.8. The van der Waals surface area contributed by atoms with Crippen molar-refractivity contribution in [3.05, 3.63) is 118 Å². The molecule has 2 aromatic heterocycles. The van der Waals surface area contributed by atoms with Gasteiger partial charge in [-0.1, -0.05) is 48.0 Å². The Bertz CT molecular complexity index is 1470. The number of benzene rings is 2. The number of likely N-dealkylation sites (tertiary alicyclic amines) is 1. The Morgan fingerprint density at radius 2 is 1.79 bits per heavy atom. The van der Waals surface area contributed by atoms with Gasteiger partial charge < -0.3 is 5.11 Å². The van der Waals surface area contributed by atoms with Crippen LogP contribution < -0.4 is 0 Å². The third-order valence-corrected chi connectivity index (χ3v) is 8.16. The van der Waals surface area contributed by atoms with E-state index in [9.17, 15) is 9.90 Å². The number of nitrogens with zero attached hydrogens (tertiary/aromatic N) is 3. The highest BCUT2D eigenvalue weighted by Gasteiger charge is 2.35. The number of carbonyl (C=O) groups is 1. The zero-order valence-electron chi connectivity index (χ0n) is 21.2. The van der Waals surface area contributed by atoms with Gasteiger partial charge in [-0.2, -0.15) is 0 Å². The van der Waals surface area contributed by atoms with Gasteiger partial charge in [-0.25, -0.2) is 9.78 Å². The highest BCUT2D eigenvalue weighted by atomic mass is 35.5. The number of hydrogen-bond donors (Lipinski definition) is 1. The number of halogens is 1. The average Bonchev–Trinajstić information content (AvgIpc) is 3.44. The summed E-state index contributed by atoms with van der Waals surface area (Å²) in [5, 5.41) is 10.2. The minimum Gasteiger partial charge on any atom is -0.477 e. The summed E-state index contributed by atoms with van der Waals surface area (Å²) in [6.45, 7) is 1.06. The highest BCUT2D eigenvalue weighted by molar-refractivity contribution is 6.30. The molecular weight excluding hydrogens is 494 g/mol. The number of carboxylic acids is 1. The van der Waals surface area contributed by atoms with Gasteiger partial charge in [0.1, 0.15) is 5.69 Å². The molecule has 6 rings (SSSR count). The van der Waals surface area contributed by atoms with E-state index < -0.39 is 5.97 Å². The fourth-order valence-corrected chi connectivity index (χ4v) is 6.26. The van der Waals surface area contributed by atoms with Crippen molar-refractivity contribution in [3.8, 4) is 11.3 Å². The second kappa shape index (κ2) is 10.7. The number of carboxylic acid groups (broad SMARTS) is 1. The molecule has 6 heteroatoms. The summed E-state index contributed by atoms with van der Waals surface area (Å²) < 4.78 is 0. The monoisotopic (exact) mass is 523 g/mol. The molecule has 1 aliphatic heterocycles. The summed E-state index contributed by atoms with van der Waals surface area (Å²) in [7, 11) is 0. The fourth-order valence-electron chi connectivity index (χ4n) is 6.14. The molecule has 192 valence electrons. The van der Waals surface area contributed by atoms with Crippen LogP contribution in [0.3, 0.4) is 0 Å². The first-order valence-corrected chi connectivity index (χ1v) is 13.7. The van der Waals surface area contributed by atoms with Crippen molar-refractivity contribution < 1.29 is 9.90 Å². The minimum atomic E-state index is -1.01. The third kappa shape index (κ3) is 5.09. The minimum absolute atomic E-state index is 0.0716. The van der Waals surface area contributed by atoms with Gasteiger partial charge in [-0.3, -0.25) is 9.88 Å². The van der Waals surface area contributed by atoms with Gasteiger partial charge in [0.15, 0.2) is 0 Å². The van der Waals surface area contributed by atoms with E-state index >= 15 is 0 Å². The Morgan fingerprint density at radius 3 is 2.63 bits per heavy atom. The van der Waals surface area contributed by atoms with Crippen molar-refractivity contribution in [2.45, 2.75) is 50.6 Å². The van der Waals surface area contributed by atoms with E-state index in [1.807, 2.05) is 30.6 Å². The van der Waals surface area contributed by atoms with E-state index in [1.165, 1.54) is 46.7 Å². The predicted molar refractivity (Wildman–Crippen MR) is 149 cm³/mol. The normalized spacial score (nSPS) is 19.3. The predicted octanol–water partition coefficient (Wildman–Crippen LogP) is 7.30. The molecular formula is C32H30ClN3O2. The molecule has 1 saturated heterocycles. The molecule has 5 nitrogen and oxygen atoms in total. The Balaban J connectivity index is 1.29. The van der Waals surface area contributed by atoms with Crippen molar-refractivity contribution >= 4 is 17.6 Å². The number of fused-ring (bicyclic) bond motifs is 1. The topological polar surface area (TPSA) is 66.3 Å². The van der Waals surface area contributed by atoms with Gasteiger partial charge in [-0.05, 0) is 103 Å². The van der Waals surface area contributed by atoms with Gasteiger partial charge in [0.05, 0.1) is 5.69 Å². The van der Waals surface area contributed by atoms with Crippen LogP contribution >= 0.6 is 11.6 Å². The molecule has 2 atom stereocenters. The van der Waals surface area contributed by atoms with Crippen LogP contribution in [0.4, 0.5) is 0 Å². The number of aryl methyl sites for hydroxylation is 1. The summed E-state index contributed by atoms with van der Waals surface area (Å²) >= 11 is 6.07. The standard InChI is InChI=1S/C32H30ClN3O2/c33-26-13-9-21(10-14-26)16-22-17-25(20-34-19-22)30-8-3-15-36(30)31-7-1-4-23-11-12-24(18-27(23)31)28-5-2-6-29(35-28)32(37)38/h2,5-6,9-14,17-20,30-31H,1,3-4,7-8,15-16H2,(H,37,38)/t30-,31+/m0/s1. The first-order chi connectivity index (χ1) is 18.5. The molecule has 0 unspecified atom stereocenters. The molecule has 1 aliphatic carbocycles. The van der Waals surface area contributed by atoms with Gasteiger partial charge in [-0.15, -0.1) is 0 Å². The summed E-state index contributed by atoms with van der Waals surface area (Å²) in [5.74, 6) is -1.01. The second-order valence-electron chi connectivity index (χ2n) is 10.4. The van der Waals surface area contributed by atoms with Crippen LogP contribution in [-0.4, -0.2) is 32.5 Å². The Morgan fingerprint density at radius 1 is 0.947 bits per heavy atom. The first-order valence-electron chi connectivity index (χ1n) is 13.3. The Hall–Kier alpha value is -3.54. The van der Waals surface area contributed by atoms with Crippen LogP contribution in [0, 0.1) is 0 Å². The van der Waals surface area contributed by atoms with Crippen molar-refractivity contribution in [3.63, 3.8) is 0 Å². The highest BCUT2D eigenvalue weighted by Crippen LogP contribution is 2.44. The maximum Gasteiger partial charge on any atom is 0.354 e.